The van der Waals surface area contributed by atoms with E-state index in [0.717, 1.165) is 61.8 Å². The molecule has 8 nitrogen and oxygen atoms in total. The van der Waals surface area contributed by atoms with Crippen LogP contribution in [0.1, 0.15) is 80.4 Å². The Morgan fingerprint density at radius 1 is 1.20 bits per heavy atom. The predicted molar refractivity (Wildman–Crippen MR) is 130 cm³/mol. The number of amides is 1. The smallest absolute Gasteiger partial charge is 0.325 e. The molecule has 8 heteroatoms. The van der Waals surface area contributed by atoms with Gasteiger partial charge in [0.1, 0.15) is 5.76 Å². The molecule has 3 saturated carbocycles. The summed E-state index contributed by atoms with van der Waals surface area (Å²) >= 11 is 0. The van der Waals surface area contributed by atoms with Crippen LogP contribution in [0.2, 0.25) is 0 Å². The number of carbonyl (C=O) groups excluding carboxylic acids is 1. The Morgan fingerprint density at radius 3 is 2.60 bits per heavy atom. The van der Waals surface area contributed by atoms with E-state index in [-0.39, 0.29) is 17.4 Å². The number of pyridine rings is 1. The number of carbonyl (C=O) groups is 1. The summed E-state index contributed by atoms with van der Waals surface area (Å²) in [6, 6.07) is 5.45. The highest BCUT2D eigenvalue weighted by Gasteiger charge is 2.45. The van der Waals surface area contributed by atoms with Crippen molar-refractivity contribution in [2.75, 3.05) is 6.61 Å². The molecule has 3 fully saturated rings. The van der Waals surface area contributed by atoms with Crippen LogP contribution in [0.25, 0.3) is 0 Å². The van der Waals surface area contributed by atoms with Gasteiger partial charge in [-0.15, -0.1) is 0 Å². The van der Waals surface area contributed by atoms with Gasteiger partial charge in [0.25, 0.3) is 0 Å². The number of ether oxygens (including phenoxy) is 1. The van der Waals surface area contributed by atoms with Crippen LogP contribution >= 0.6 is 0 Å². The minimum Gasteiger partial charge on any atom is -0.492 e. The highest BCUT2D eigenvalue weighted by Crippen LogP contribution is 2.47. The van der Waals surface area contributed by atoms with E-state index in [1.54, 1.807) is 24.3 Å². The summed E-state index contributed by atoms with van der Waals surface area (Å²) in [6.07, 6.45) is 12.9. The minimum atomic E-state index is -0.490. The molecule has 35 heavy (non-hydrogen) atoms. The molecule has 186 valence electrons. The first-order valence-corrected chi connectivity index (χ1v) is 12.8. The first-order chi connectivity index (χ1) is 16.9. The van der Waals surface area contributed by atoms with E-state index in [2.05, 4.69) is 10.6 Å². The van der Waals surface area contributed by atoms with Crippen LogP contribution in [0, 0.1) is 11.3 Å². The fraction of sp³-hybridized carbons (Fsp3) is 0.519. The molecule has 5 N–H and O–H groups in total. The van der Waals surface area contributed by atoms with Crippen LogP contribution in [0.15, 0.2) is 53.6 Å². The fourth-order valence-electron chi connectivity index (χ4n) is 5.17. The molecule has 0 atom stereocenters. The monoisotopic (exact) mass is 479 g/mol. The second-order valence-corrected chi connectivity index (χ2v) is 10.2. The molecule has 0 bridgehead atoms. The van der Waals surface area contributed by atoms with Crippen LogP contribution in [-0.4, -0.2) is 40.2 Å². The van der Waals surface area contributed by atoms with E-state index < -0.39 is 11.5 Å². The molecule has 5 rings (SSSR count). The summed E-state index contributed by atoms with van der Waals surface area (Å²) in [6.45, 7) is 2.25. The van der Waals surface area contributed by atoms with E-state index >= 15 is 0 Å². The number of rotatable bonds is 8. The lowest BCUT2D eigenvalue weighted by atomic mass is 9.79. The van der Waals surface area contributed by atoms with Crippen LogP contribution in [0.4, 0.5) is 0 Å². The molecule has 0 aliphatic heterocycles. The maximum absolute atomic E-state index is 13.1. The van der Waals surface area contributed by atoms with E-state index in [1.807, 2.05) is 19.2 Å². The average Bonchev–Trinajstić information content (AvgIpc) is 3.74. The maximum atomic E-state index is 13.1. The number of nitrogens with zero attached hydrogens (tertiary/aromatic N) is 1. The second kappa shape index (κ2) is 9.49. The molecule has 0 spiro atoms. The maximum Gasteiger partial charge on any atom is 0.325 e. The number of hydrogen-bond donors (Lipinski definition) is 5. The van der Waals surface area contributed by atoms with Gasteiger partial charge in [-0.2, -0.15) is 0 Å². The normalized spacial score (nSPS) is 27.8. The molecule has 0 saturated heterocycles. The average molecular weight is 480 g/mol. The number of nitrogens with one attached hydrogen (secondary N) is 3. The summed E-state index contributed by atoms with van der Waals surface area (Å²) in [5.41, 5.74) is 1.77. The van der Waals surface area contributed by atoms with Crippen molar-refractivity contribution in [3.8, 4) is 0 Å². The van der Waals surface area contributed by atoms with E-state index in [1.165, 1.54) is 0 Å². The standard InChI is InChI=1S/C27H34N4O4/c1-2-35-25-15-21(28)18(16-29-20-10-12-27(33,13-11-20)19-8-9-19)14-22(25)30-26(32)24-5-3-4-23(31(24)34)17-6-7-17/h3-5,14-17,19-20,28,32-34H,2,6-13H2,1H3/p+1/t20-,27-. The highest BCUT2D eigenvalue weighted by atomic mass is 16.5. The van der Waals surface area contributed by atoms with Crippen LogP contribution in [0.3, 0.4) is 0 Å². The van der Waals surface area contributed by atoms with Crippen LogP contribution in [-0.2, 0) is 4.74 Å². The Labute approximate surface area is 205 Å². The molecular formula is C27H35N4O4+. The second-order valence-electron chi connectivity index (χ2n) is 10.2. The fourth-order valence-corrected chi connectivity index (χ4v) is 5.17. The van der Waals surface area contributed by atoms with Gasteiger partial charge in [0.15, 0.2) is 0 Å². The summed E-state index contributed by atoms with van der Waals surface area (Å²) < 4.78 is 6.67. The third-order valence-corrected chi connectivity index (χ3v) is 7.59. The number of aromatic nitrogens is 1. The summed E-state index contributed by atoms with van der Waals surface area (Å²) in [5.74, 6) is 0.742. The first-order valence-electron chi connectivity index (χ1n) is 12.8. The van der Waals surface area contributed by atoms with Crippen molar-refractivity contribution < 1.29 is 24.6 Å². The van der Waals surface area contributed by atoms with Gasteiger partial charge in [-0.1, -0.05) is 0 Å². The zero-order valence-electron chi connectivity index (χ0n) is 20.2. The van der Waals surface area contributed by atoms with Gasteiger partial charge in [0.05, 0.1) is 23.6 Å². The minimum absolute atomic E-state index is 0.154. The SMILES string of the molecule is CCOC1=CC(=N)/C(=C\N[C@H]2CC[C@@](O)(C3CC3)CC2)C=C1NC(=O)c1cccc(C2CC2)[n+]1O. The van der Waals surface area contributed by atoms with Crippen molar-refractivity contribution in [1.29, 1.82) is 5.41 Å². The lowest BCUT2D eigenvalue weighted by Gasteiger charge is -2.36. The predicted octanol–water partition coefficient (Wildman–Crippen LogP) is 3.21. The van der Waals surface area contributed by atoms with Gasteiger partial charge in [0, 0.05) is 46.7 Å². The van der Waals surface area contributed by atoms with Gasteiger partial charge >= 0.3 is 11.6 Å². The van der Waals surface area contributed by atoms with Gasteiger partial charge < -0.3 is 25.9 Å². The van der Waals surface area contributed by atoms with Crippen molar-refractivity contribution in [1.82, 2.24) is 10.6 Å². The van der Waals surface area contributed by atoms with Gasteiger partial charge in [0.2, 0.25) is 5.69 Å². The third-order valence-electron chi connectivity index (χ3n) is 7.59. The number of allylic oxidation sites excluding steroid dienone is 3. The lowest BCUT2D eigenvalue weighted by Crippen LogP contribution is -2.45. The molecule has 1 aromatic heterocycles. The Kier molecular flexibility index (Phi) is 6.40. The molecule has 0 radical (unpaired) electrons. The zero-order chi connectivity index (χ0) is 24.6. The number of hydrogen-bond acceptors (Lipinski definition) is 6. The highest BCUT2D eigenvalue weighted by molar-refractivity contribution is 6.10. The largest absolute Gasteiger partial charge is 0.492 e. The van der Waals surface area contributed by atoms with Crippen LogP contribution in [0.5, 0.6) is 0 Å². The van der Waals surface area contributed by atoms with E-state index in [9.17, 15) is 15.1 Å². The Morgan fingerprint density at radius 2 is 1.94 bits per heavy atom. The van der Waals surface area contributed by atoms with Crippen molar-refractivity contribution in [2.24, 2.45) is 5.92 Å². The quantitative estimate of drug-likeness (QED) is 0.290. The van der Waals surface area contributed by atoms with Crippen molar-refractivity contribution in [3.05, 3.63) is 65.0 Å². The lowest BCUT2D eigenvalue weighted by molar-refractivity contribution is -0.910. The van der Waals surface area contributed by atoms with E-state index in [0.29, 0.717) is 35.5 Å². The first kappa shape index (κ1) is 23.6. The Hall–Kier alpha value is -3.13. The Bertz CT molecular complexity index is 1110. The van der Waals surface area contributed by atoms with Gasteiger partial charge in [-0.05, 0) is 76.4 Å². The van der Waals surface area contributed by atoms with Gasteiger partial charge in [-0.3, -0.25) is 10.0 Å². The molecule has 4 aliphatic rings. The van der Waals surface area contributed by atoms with Gasteiger partial charge in [-0.25, -0.2) is 0 Å². The summed E-state index contributed by atoms with van der Waals surface area (Å²) in [5, 5.41) is 36.1. The summed E-state index contributed by atoms with van der Waals surface area (Å²) in [4.78, 5) is 13.1. The Balaban J connectivity index is 1.29. The molecule has 0 unspecified atom stereocenters. The van der Waals surface area contributed by atoms with Crippen molar-refractivity contribution in [2.45, 2.75) is 75.9 Å². The molecule has 1 aromatic rings. The molecule has 1 heterocycles. The van der Waals surface area contributed by atoms with Crippen molar-refractivity contribution >= 4 is 11.6 Å². The molecule has 4 aliphatic carbocycles. The summed E-state index contributed by atoms with van der Waals surface area (Å²) in [7, 11) is 0. The molecule has 0 aromatic carbocycles. The van der Waals surface area contributed by atoms with E-state index in [4.69, 9.17) is 10.1 Å². The van der Waals surface area contributed by atoms with Crippen LogP contribution < -0.4 is 15.4 Å². The third kappa shape index (κ3) is 5.12. The zero-order valence-corrected chi connectivity index (χ0v) is 20.2. The van der Waals surface area contributed by atoms with Crippen molar-refractivity contribution in [3.63, 3.8) is 0 Å². The number of aliphatic hydroxyl groups is 1. The molecular weight excluding hydrogens is 444 g/mol. The topological polar surface area (TPSA) is 119 Å². The molecule has 1 amide bonds.